The molecule has 5 nitrogen and oxygen atoms in total. The number of halogens is 2. The number of carbonyl (C=O) groups excluding carboxylic acids is 1. The van der Waals surface area contributed by atoms with Crippen LogP contribution in [0.5, 0.6) is 0 Å². The Labute approximate surface area is 107 Å². The van der Waals surface area contributed by atoms with Gasteiger partial charge in [0.05, 0.1) is 10.6 Å². The van der Waals surface area contributed by atoms with E-state index < -0.39 is 30.3 Å². The van der Waals surface area contributed by atoms with Crippen molar-refractivity contribution in [2.24, 2.45) is 0 Å². The Balaban J connectivity index is 2.87. The average molecular weight is 276 g/mol. The van der Waals surface area contributed by atoms with Crippen LogP contribution in [0.2, 0.25) is 5.02 Å². The first kappa shape index (κ1) is 14.4. The molecule has 1 amide bonds. The first-order valence-corrected chi connectivity index (χ1v) is 5.43. The van der Waals surface area contributed by atoms with Crippen LogP contribution in [0.25, 0.3) is 0 Å². The van der Waals surface area contributed by atoms with E-state index in [0.29, 0.717) is 0 Å². The highest BCUT2D eigenvalue weighted by atomic mass is 35.5. The molecule has 0 heterocycles. The first-order chi connectivity index (χ1) is 8.47. The van der Waals surface area contributed by atoms with E-state index >= 15 is 0 Å². The van der Waals surface area contributed by atoms with Crippen molar-refractivity contribution in [2.75, 3.05) is 6.61 Å². The van der Waals surface area contributed by atoms with Crippen molar-refractivity contribution < 1.29 is 24.2 Å². The fraction of sp³-hybridized carbons (Fsp3) is 0.273. The highest BCUT2D eigenvalue weighted by molar-refractivity contribution is 6.34. The molecule has 0 aliphatic heterocycles. The Hall–Kier alpha value is -1.66. The molecule has 7 heteroatoms. The summed E-state index contributed by atoms with van der Waals surface area (Å²) in [6.07, 6.45) is -0.145. The zero-order chi connectivity index (χ0) is 13.7. The number of nitrogens with one attached hydrogen (secondary N) is 1. The van der Waals surface area contributed by atoms with Crippen LogP contribution in [0.1, 0.15) is 16.8 Å². The van der Waals surface area contributed by atoms with Crippen molar-refractivity contribution in [3.8, 4) is 0 Å². The summed E-state index contributed by atoms with van der Waals surface area (Å²) in [7, 11) is 0. The Morgan fingerprint density at radius 2 is 2.11 bits per heavy atom. The van der Waals surface area contributed by atoms with E-state index in [9.17, 15) is 14.0 Å². The second kappa shape index (κ2) is 6.32. The molecule has 0 spiro atoms. The molecule has 0 aliphatic rings. The van der Waals surface area contributed by atoms with Gasteiger partial charge in [-0.1, -0.05) is 17.7 Å². The maximum absolute atomic E-state index is 13.1. The van der Waals surface area contributed by atoms with E-state index in [4.69, 9.17) is 21.8 Å². The monoisotopic (exact) mass is 275 g/mol. The molecule has 1 aromatic carbocycles. The van der Waals surface area contributed by atoms with Crippen molar-refractivity contribution in [2.45, 2.75) is 12.5 Å². The number of carboxylic acids is 1. The zero-order valence-electron chi connectivity index (χ0n) is 9.19. The van der Waals surface area contributed by atoms with Crippen molar-refractivity contribution in [1.82, 2.24) is 5.32 Å². The third kappa shape index (κ3) is 3.41. The fourth-order valence-electron chi connectivity index (χ4n) is 1.30. The third-order valence-electron chi connectivity index (χ3n) is 2.22. The molecular weight excluding hydrogens is 265 g/mol. The lowest BCUT2D eigenvalue weighted by Gasteiger charge is -2.13. The van der Waals surface area contributed by atoms with Gasteiger partial charge < -0.3 is 15.5 Å². The van der Waals surface area contributed by atoms with Crippen LogP contribution in [-0.2, 0) is 4.79 Å². The standard InChI is InChI=1S/C11H11ClFNO4/c12-9-6(2-1-3-7(9)13)10(16)14-8(4-5-15)11(17)18/h1-3,8,15H,4-5H2,(H,14,16)(H,17,18). The largest absolute Gasteiger partial charge is 0.480 e. The quantitative estimate of drug-likeness (QED) is 0.749. The number of aliphatic hydroxyl groups excluding tert-OH is 1. The minimum absolute atomic E-state index is 0.145. The van der Waals surface area contributed by atoms with Gasteiger partial charge in [-0.15, -0.1) is 0 Å². The van der Waals surface area contributed by atoms with Crippen molar-refractivity contribution in [3.63, 3.8) is 0 Å². The van der Waals surface area contributed by atoms with E-state index in [0.717, 1.165) is 6.07 Å². The molecule has 98 valence electrons. The summed E-state index contributed by atoms with van der Waals surface area (Å²) in [5.41, 5.74) is -0.152. The molecule has 1 unspecified atom stereocenters. The molecule has 0 bridgehead atoms. The number of rotatable bonds is 5. The van der Waals surface area contributed by atoms with Crippen LogP contribution in [0.15, 0.2) is 18.2 Å². The smallest absolute Gasteiger partial charge is 0.326 e. The molecule has 0 aromatic heterocycles. The van der Waals surface area contributed by atoms with Gasteiger partial charge in [-0.05, 0) is 12.1 Å². The normalized spacial score (nSPS) is 11.9. The predicted molar refractivity (Wildman–Crippen MR) is 62.0 cm³/mol. The third-order valence-corrected chi connectivity index (χ3v) is 2.60. The predicted octanol–water partition coefficient (Wildman–Crippen LogP) is 1.04. The topological polar surface area (TPSA) is 86.6 Å². The molecule has 3 N–H and O–H groups in total. The van der Waals surface area contributed by atoms with Crippen molar-refractivity contribution >= 4 is 23.5 Å². The summed E-state index contributed by atoms with van der Waals surface area (Å²) in [6.45, 7) is -0.395. The Kier molecular flexibility index (Phi) is 5.06. The highest BCUT2D eigenvalue weighted by Crippen LogP contribution is 2.19. The summed E-state index contributed by atoms with van der Waals surface area (Å²) in [5, 5.41) is 19.2. The molecular formula is C11H11ClFNO4. The maximum atomic E-state index is 13.1. The number of carbonyl (C=O) groups is 2. The van der Waals surface area contributed by atoms with Crippen LogP contribution >= 0.6 is 11.6 Å². The van der Waals surface area contributed by atoms with Gasteiger partial charge in [0.25, 0.3) is 5.91 Å². The van der Waals surface area contributed by atoms with Gasteiger partial charge in [-0.3, -0.25) is 4.79 Å². The van der Waals surface area contributed by atoms with Gasteiger partial charge in [0, 0.05) is 13.0 Å². The summed E-state index contributed by atoms with van der Waals surface area (Å²) in [6, 6.07) is 2.40. The highest BCUT2D eigenvalue weighted by Gasteiger charge is 2.22. The van der Waals surface area contributed by atoms with Gasteiger partial charge in [-0.25, -0.2) is 9.18 Å². The Morgan fingerprint density at radius 1 is 1.44 bits per heavy atom. The molecule has 0 fully saturated rings. The van der Waals surface area contributed by atoms with Crippen molar-refractivity contribution in [3.05, 3.63) is 34.6 Å². The second-order valence-corrected chi connectivity index (χ2v) is 3.86. The van der Waals surface area contributed by atoms with E-state index in [2.05, 4.69) is 5.32 Å². The van der Waals surface area contributed by atoms with E-state index in [1.165, 1.54) is 12.1 Å². The molecule has 1 rings (SSSR count). The lowest BCUT2D eigenvalue weighted by molar-refractivity contribution is -0.139. The van der Waals surface area contributed by atoms with E-state index in [1.807, 2.05) is 0 Å². The second-order valence-electron chi connectivity index (χ2n) is 3.48. The molecule has 0 radical (unpaired) electrons. The minimum Gasteiger partial charge on any atom is -0.480 e. The van der Waals surface area contributed by atoms with Crippen LogP contribution in [0, 0.1) is 5.82 Å². The minimum atomic E-state index is -1.29. The molecule has 0 aliphatic carbocycles. The maximum Gasteiger partial charge on any atom is 0.326 e. The average Bonchev–Trinajstić information content (AvgIpc) is 2.31. The number of carboxylic acid groups (broad SMARTS) is 1. The van der Waals surface area contributed by atoms with E-state index in [1.54, 1.807) is 0 Å². The lowest BCUT2D eigenvalue weighted by atomic mass is 10.1. The fourth-order valence-corrected chi connectivity index (χ4v) is 1.51. The van der Waals surface area contributed by atoms with Crippen LogP contribution in [-0.4, -0.2) is 34.7 Å². The number of amides is 1. The Bertz CT molecular complexity index is 466. The Morgan fingerprint density at radius 3 is 2.67 bits per heavy atom. The van der Waals surface area contributed by atoms with E-state index in [-0.39, 0.29) is 17.0 Å². The molecule has 1 aromatic rings. The summed E-state index contributed by atoms with van der Waals surface area (Å²) < 4.78 is 13.1. The molecule has 0 saturated carbocycles. The summed E-state index contributed by atoms with van der Waals surface area (Å²) in [4.78, 5) is 22.5. The summed E-state index contributed by atoms with van der Waals surface area (Å²) >= 11 is 5.60. The molecule has 18 heavy (non-hydrogen) atoms. The molecule has 1 atom stereocenters. The summed E-state index contributed by atoms with van der Waals surface area (Å²) in [5.74, 6) is -2.86. The first-order valence-electron chi connectivity index (χ1n) is 5.06. The van der Waals surface area contributed by atoms with Gasteiger partial charge in [0.2, 0.25) is 0 Å². The lowest BCUT2D eigenvalue weighted by Crippen LogP contribution is -2.41. The number of hydrogen-bond donors (Lipinski definition) is 3. The van der Waals surface area contributed by atoms with Crippen LogP contribution in [0.3, 0.4) is 0 Å². The van der Waals surface area contributed by atoms with Crippen LogP contribution in [0.4, 0.5) is 4.39 Å². The molecule has 0 saturated heterocycles. The zero-order valence-corrected chi connectivity index (χ0v) is 9.95. The SMILES string of the molecule is O=C(NC(CCO)C(=O)O)c1cccc(F)c1Cl. The van der Waals surface area contributed by atoms with Crippen molar-refractivity contribution in [1.29, 1.82) is 0 Å². The van der Waals surface area contributed by atoms with Gasteiger partial charge >= 0.3 is 5.97 Å². The number of aliphatic carboxylic acids is 1. The van der Waals surface area contributed by atoms with Gasteiger partial charge in [0.15, 0.2) is 0 Å². The number of hydrogen-bond acceptors (Lipinski definition) is 3. The van der Waals surface area contributed by atoms with Gasteiger partial charge in [0.1, 0.15) is 11.9 Å². The number of benzene rings is 1. The van der Waals surface area contributed by atoms with Gasteiger partial charge in [-0.2, -0.15) is 0 Å². The number of aliphatic hydroxyl groups is 1. The van der Waals surface area contributed by atoms with Crippen LogP contribution < -0.4 is 5.32 Å².